The van der Waals surface area contributed by atoms with Crippen molar-refractivity contribution in [3.8, 4) is 6.07 Å². The number of hydrogen-bond donors (Lipinski definition) is 0. The minimum absolute atomic E-state index is 0.135. The first-order valence-corrected chi connectivity index (χ1v) is 8.54. The van der Waals surface area contributed by atoms with E-state index in [4.69, 9.17) is 0 Å². The van der Waals surface area contributed by atoms with E-state index in [1.807, 2.05) is 11.2 Å². The van der Waals surface area contributed by atoms with Gasteiger partial charge >= 0.3 is 0 Å². The van der Waals surface area contributed by atoms with Gasteiger partial charge in [-0.3, -0.25) is 4.79 Å². The fourth-order valence-electron chi connectivity index (χ4n) is 3.36. The molecule has 0 atom stereocenters. The minimum Gasteiger partial charge on any atom is -0.342 e. The van der Waals surface area contributed by atoms with Crippen LogP contribution in [0.3, 0.4) is 0 Å². The van der Waals surface area contributed by atoms with E-state index in [1.54, 1.807) is 11.8 Å². The first kappa shape index (κ1) is 14.7. The van der Waals surface area contributed by atoms with Crippen molar-refractivity contribution in [2.75, 3.05) is 19.3 Å². The van der Waals surface area contributed by atoms with Crippen molar-refractivity contribution in [1.82, 2.24) is 4.90 Å². The van der Waals surface area contributed by atoms with E-state index in [0.29, 0.717) is 5.91 Å². The van der Waals surface area contributed by atoms with Gasteiger partial charge in [0.2, 0.25) is 5.91 Å². The Kier molecular flexibility index (Phi) is 4.45. The number of hydrogen-bond acceptors (Lipinski definition) is 3. The van der Waals surface area contributed by atoms with Gasteiger partial charge in [-0.1, -0.05) is 26.2 Å². The molecule has 0 aromatic rings. The largest absolute Gasteiger partial charge is 0.342 e. The van der Waals surface area contributed by atoms with Crippen LogP contribution in [0.4, 0.5) is 0 Å². The van der Waals surface area contributed by atoms with E-state index in [2.05, 4.69) is 13.0 Å². The van der Waals surface area contributed by atoms with Crippen LogP contribution in [-0.2, 0) is 4.79 Å². The highest BCUT2D eigenvalue weighted by Gasteiger charge is 2.41. The van der Waals surface area contributed by atoms with Gasteiger partial charge in [0.25, 0.3) is 0 Å². The van der Waals surface area contributed by atoms with Crippen molar-refractivity contribution < 1.29 is 4.79 Å². The molecule has 0 aromatic heterocycles. The smallest absolute Gasteiger partial charge is 0.228 e. The summed E-state index contributed by atoms with van der Waals surface area (Å²) in [5.74, 6) is 0.333. The highest BCUT2D eigenvalue weighted by molar-refractivity contribution is 8.00. The predicted molar refractivity (Wildman–Crippen MR) is 78.9 cm³/mol. The summed E-state index contributed by atoms with van der Waals surface area (Å²) >= 11 is 1.64. The van der Waals surface area contributed by atoms with Gasteiger partial charge in [-0.05, 0) is 31.9 Å². The van der Waals surface area contributed by atoms with Gasteiger partial charge in [-0.15, -0.1) is 11.8 Å². The molecule has 1 heterocycles. The molecule has 2 aliphatic rings. The molecule has 4 heteroatoms. The summed E-state index contributed by atoms with van der Waals surface area (Å²) < 4.78 is -0.260. The highest BCUT2D eigenvalue weighted by atomic mass is 32.2. The van der Waals surface area contributed by atoms with E-state index < -0.39 is 0 Å². The van der Waals surface area contributed by atoms with Crippen LogP contribution in [0.1, 0.15) is 51.9 Å². The van der Waals surface area contributed by atoms with Crippen molar-refractivity contribution >= 4 is 17.7 Å². The Bertz CT molecular complexity index is 374. The summed E-state index contributed by atoms with van der Waals surface area (Å²) in [5.41, 5.74) is -0.135. The molecule has 19 heavy (non-hydrogen) atoms. The van der Waals surface area contributed by atoms with Crippen LogP contribution in [0.15, 0.2) is 0 Å². The van der Waals surface area contributed by atoms with Gasteiger partial charge in [-0.2, -0.15) is 5.26 Å². The molecule has 0 bridgehead atoms. The molecule has 0 radical (unpaired) electrons. The predicted octanol–water partition coefficient (Wildman–Crippen LogP) is 3.20. The topological polar surface area (TPSA) is 44.1 Å². The number of likely N-dealkylation sites (tertiary alicyclic amines) is 1. The molecular weight excluding hydrogens is 256 g/mol. The average Bonchev–Trinajstić information content (AvgIpc) is 2.47. The number of rotatable bonds is 2. The normalized spacial score (nSPS) is 25.6. The quantitative estimate of drug-likeness (QED) is 0.780. The van der Waals surface area contributed by atoms with E-state index in [-0.39, 0.29) is 10.2 Å². The van der Waals surface area contributed by atoms with Gasteiger partial charge in [0, 0.05) is 18.5 Å². The van der Waals surface area contributed by atoms with E-state index in [9.17, 15) is 10.1 Å². The lowest BCUT2D eigenvalue weighted by atomic mass is 9.74. The second-order valence-corrected chi connectivity index (χ2v) is 7.41. The molecule has 1 saturated carbocycles. The molecule has 1 aliphatic carbocycles. The third-order valence-corrected chi connectivity index (χ3v) is 6.21. The number of amides is 1. The second kappa shape index (κ2) is 5.75. The van der Waals surface area contributed by atoms with Crippen molar-refractivity contribution in [1.29, 1.82) is 5.26 Å². The number of carbonyl (C=O) groups excluding carboxylic acids is 1. The third-order valence-electron chi connectivity index (χ3n) is 4.93. The van der Waals surface area contributed by atoms with Crippen LogP contribution in [-0.4, -0.2) is 34.9 Å². The lowest BCUT2D eigenvalue weighted by Crippen LogP contribution is -2.50. The van der Waals surface area contributed by atoms with Gasteiger partial charge in [0.05, 0.1) is 6.07 Å². The van der Waals surface area contributed by atoms with Gasteiger partial charge in [0.1, 0.15) is 4.75 Å². The number of piperidine rings is 1. The zero-order valence-corrected chi connectivity index (χ0v) is 12.9. The van der Waals surface area contributed by atoms with Crippen molar-refractivity contribution in [2.45, 2.75) is 56.6 Å². The maximum atomic E-state index is 12.7. The first-order valence-electron chi connectivity index (χ1n) is 7.31. The van der Waals surface area contributed by atoms with Crippen molar-refractivity contribution in [3.63, 3.8) is 0 Å². The monoisotopic (exact) mass is 280 g/mol. The molecule has 2 fully saturated rings. The Labute approximate surface area is 120 Å². The molecule has 1 aliphatic heterocycles. The van der Waals surface area contributed by atoms with Crippen LogP contribution in [0, 0.1) is 16.7 Å². The summed E-state index contributed by atoms with van der Waals surface area (Å²) in [7, 11) is 0. The van der Waals surface area contributed by atoms with E-state index >= 15 is 0 Å². The molecule has 0 spiro atoms. The number of nitrogens with zero attached hydrogens (tertiary/aromatic N) is 2. The molecular formula is C15H24N2OS. The Balaban J connectivity index is 1.98. The standard InChI is InChI=1S/C15H24N2OS/c1-14(6-4-3-5-7-14)13(18)17-10-8-15(12-16,19-2)9-11-17/h3-11H2,1-2H3. The Morgan fingerprint density at radius 1 is 1.16 bits per heavy atom. The zero-order valence-electron chi connectivity index (χ0n) is 12.1. The van der Waals surface area contributed by atoms with Gasteiger partial charge < -0.3 is 4.90 Å². The molecule has 0 unspecified atom stereocenters. The lowest BCUT2D eigenvalue weighted by molar-refractivity contribution is -0.144. The van der Waals surface area contributed by atoms with Crippen LogP contribution in [0.2, 0.25) is 0 Å². The Morgan fingerprint density at radius 3 is 2.21 bits per heavy atom. The lowest BCUT2D eigenvalue weighted by Gasteiger charge is -2.42. The molecule has 0 N–H and O–H groups in total. The number of carbonyl (C=O) groups is 1. The summed E-state index contributed by atoms with van der Waals surface area (Å²) in [4.78, 5) is 14.7. The summed E-state index contributed by atoms with van der Waals surface area (Å²) in [6, 6.07) is 2.44. The Morgan fingerprint density at radius 2 is 1.74 bits per heavy atom. The maximum Gasteiger partial charge on any atom is 0.228 e. The Hall–Kier alpha value is -0.690. The molecule has 3 nitrogen and oxygen atoms in total. The van der Waals surface area contributed by atoms with Crippen LogP contribution >= 0.6 is 11.8 Å². The fourth-order valence-corrected chi connectivity index (χ4v) is 4.04. The highest BCUT2D eigenvalue weighted by Crippen LogP contribution is 2.40. The summed E-state index contributed by atoms with van der Waals surface area (Å²) in [5, 5.41) is 9.29. The fraction of sp³-hybridized carbons (Fsp3) is 0.867. The summed E-state index contributed by atoms with van der Waals surface area (Å²) in [6.45, 7) is 3.64. The zero-order chi connectivity index (χ0) is 13.9. The second-order valence-electron chi connectivity index (χ2n) is 6.22. The van der Waals surface area contributed by atoms with Crippen LogP contribution in [0.25, 0.3) is 0 Å². The van der Waals surface area contributed by atoms with Gasteiger partial charge in [-0.25, -0.2) is 0 Å². The maximum absolute atomic E-state index is 12.7. The van der Waals surface area contributed by atoms with E-state index in [1.165, 1.54) is 19.3 Å². The first-order chi connectivity index (χ1) is 9.05. The van der Waals surface area contributed by atoms with Crippen LogP contribution < -0.4 is 0 Å². The summed E-state index contributed by atoms with van der Waals surface area (Å²) in [6.07, 6.45) is 9.34. The SMILES string of the molecule is CSC1(C#N)CCN(C(=O)C2(C)CCCCC2)CC1. The number of nitriles is 1. The third kappa shape index (κ3) is 2.91. The van der Waals surface area contributed by atoms with Crippen LogP contribution in [0.5, 0.6) is 0 Å². The molecule has 1 amide bonds. The van der Waals surface area contributed by atoms with Crippen molar-refractivity contribution in [2.24, 2.45) is 5.41 Å². The number of thioether (sulfide) groups is 1. The van der Waals surface area contributed by atoms with E-state index in [0.717, 1.165) is 38.8 Å². The van der Waals surface area contributed by atoms with Crippen molar-refractivity contribution in [3.05, 3.63) is 0 Å². The molecule has 0 aromatic carbocycles. The molecule has 2 rings (SSSR count). The molecule has 106 valence electrons. The minimum atomic E-state index is -0.260. The van der Waals surface area contributed by atoms with Gasteiger partial charge in [0.15, 0.2) is 0 Å². The molecule has 1 saturated heterocycles. The average molecular weight is 280 g/mol.